The smallest absolute Gasteiger partial charge is 0.269 e. The van der Waals surface area contributed by atoms with Gasteiger partial charge in [-0.15, -0.1) is 0 Å². The highest BCUT2D eigenvalue weighted by atomic mass is 79.9. The van der Waals surface area contributed by atoms with E-state index in [1.165, 1.54) is 18.2 Å². The Morgan fingerprint density at radius 1 is 0.950 bits per heavy atom. The van der Waals surface area contributed by atoms with Crippen LogP contribution < -0.4 is 14.8 Å². The molecule has 40 heavy (non-hydrogen) atoms. The molecule has 0 atom stereocenters. The molecule has 0 aliphatic carbocycles. The van der Waals surface area contributed by atoms with Crippen molar-refractivity contribution in [2.45, 2.75) is 13.2 Å². The molecule has 1 N–H and O–H groups in total. The van der Waals surface area contributed by atoms with Gasteiger partial charge in [-0.05, 0) is 83.9 Å². The summed E-state index contributed by atoms with van der Waals surface area (Å²) in [6, 6.07) is 27.3. The zero-order chi connectivity index (χ0) is 28.5. The van der Waals surface area contributed by atoms with Gasteiger partial charge in [-0.2, -0.15) is 5.26 Å². The normalized spacial score (nSPS) is 10.9. The highest BCUT2D eigenvalue weighted by Gasteiger charge is 2.13. The van der Waals surface area contributed by atoms with E-state index < -0.39 is 10.8 Å². The Kier molecular flexibility index (Phi) is 9.52. The number of nitro groups is 1. The summed E-state index contributed by atoms with van der Waals surface area (Å²) in [5.74, 6) is 0.411. The molecule has 0 heterocycles. The Morgan fingerprint density at radius 3 is 2.20 bits per heavy atom. The van der Waals surface area contributed by atoms with Gasteiger partial charge in [0.05, 0.1) is 4.92 Å². The van der Waals surface area contributed by atoms with Gasteiger partial charge in [0.2, 0.25) is 0 Å². The van der Waals surface area contributed by atoms with E-state index in [1.807, 2.05) is 30.3 Å². The highest BCUT2D eigenvalue weighted by Crippen LogP contribution is 2.27. The van der Waals surface area contributed by atoms with Crippen molar-refractivity contribution in [2.75, 3.05) is 5.32 Å². The molecule has 200 valence electrons. The number of amides is 1. The topological polar surface area (TPSA) is 114 Å². The Balaban J connectivity index is 1.41. The van der Waals surface area contributed by atoms with Crippen LogP contribution in [0.5, 0.6) is 11.5 Å². The molecule has 10 heteroatoms. The monoisotopic (exact) mass is 617 g/mol. The quantitative estimate of drug-likeness (QED) is 0.0842. The maximum absolute atomic E-state index is 12.9. The third-order valence-electron chi connectivity index (χ3n) is 5.61. The first-order valence-corrected chi connectivity index (χ1v) is 13.0. The molecule has 0 spiro atoms. The van der Waals surface area contributed by atoms with Crippen molar-refractivity contribution < 1.29 is 19.2 Å². The summed E-state index contributed by atoms with van der Waals surface area (Å²) < 4.78 is 12.6. The molecule has 0 fully saturated rings. The molecule has 0 saturated heterocycles. The zero-order valence-electron chi connectivity index (χ0n) is 20.8. The van der Waals surface area contributed by atoms with E-state index in [0.717, 1.165) is 10.0 Å². The number of hydrogen-bond donors (Lipinski definition) is 1. The molecule has 4 rings (SSSR count). The lowest BCUT2D eigenvalue weighted by Gasteiger charge is -2.11. The van der Waals surface area contributed by atoms with Crippen molar-refractivity contribution in [3.63, 3.8) is 0 Å². The summed E-state index contributed by atoms with van der Waals surface area (Å²) in [5.41, 5.74) is 2.46. The number of carbonyl (C=O) groups is 1. The van der Waals surface area contributed by atoms with E-state index in [9.17, 15) is 20.2 Å². The van der Waals surface area contributed by atoms with Gasteiger partial charge in [-0.3, -0.25) is 14.9 Å². The maximum Gasteiger partial charge on any atom is 0.269 e. The molecule has 0 bridgehead atoms. The van der Waals surface area contributed by atoms with Crippen LogP contribution in [0.1, 0.15) is 16.7 Å². The molecule has 0 aliphatic heterocycles. The molecule has 1 amide bonds. The van der Waals surface area contributed by atoms with Crippen molar-refractivity contribution in [3.8, 4) is 17.6 Å². The van der Waals surface area contributed by atoms with Gasteiger partial charge in [-0.1, -0.05) is 39.7 Å². The largest absolute Gasteiger partial charge is 0.489 e. The molecule has 0 aromatic heterocycles. The lowest BCUT2D eigenvalue weighted by molar-refractivity contribution is -0.384. The number of carbonyl (C=O) groups excluding carboxylic acids is 1. The summed E-state index contributed by atoms with van der Waals surface area (Å²) in [5, 5.41) is 23.6. The minimum absolute atomic E-state index is 0.0218. The Labute approximate surface area is 243 Å². The third kappa shape index (κ3) is 7.93. The van der Waals surface area contributed by atoms with E-state index in [1.54, 1.807) is 54.6 Å². The second kappa shape index (κ2) is 13.4. The Bertz CT molecular complexity index is 1580. The summed E-state index contributed by atoms with van der Waals surface area (Å²) >= 11 is 9.56. The number of nitriles is 1. The van der Waals surface area contributed by atoms with Crippen LogP contribution in [-0.4, -0.2) is 10.8 Å². The fraction of sp³-hybridized carbons (Fsp3) is 0.0667. The number of nitro benzene ring substituents is 1. The second-order valence-electron chi connectivity index (χ2n) is 8.46. The summed E-state index contributed by atoms with van der Waals surface area (Å²) in [6.45, 7) is 0.513. The minimum atomic E-state index is -0.604. The molecule has 0 radical (unpaired) electrons. The maximum atomic E-state index is 12.9. The van der Waals surface area contributed by atoms with Gasteiger partial charge >= 0.3 is 0 Å². The van der Waals surface area contributed by atoms with Crippen LogP contribution in [0.3, 0.4) is 0 Å². The number of ether oxygens (including phenoxy) is 2. The van der Waals surface area contributed by atoms with E-state index in [-0.39, 0.29) is 17.9 Å². The fourth-order valence-electron chi connectivity index (χ4n) is 3.52. The van der Waals surface area contributed by atoms with Crippen LogP contribution in [0.15, 0.2) is 101 Å². The summed E-state index contributed by atoms with van der Waals surface area (Å²) in [6.07, 6.45) is 1.39. The van der Waals surface area contributed by atoms with Crippen LogP contribution in [0.4, 0.5) is 11.4 Å². The first-order valence-electron chi connectivity index (χ1n) is 11.9. The number of non-ortho nitro benzene ring substituents is 1. The third-order valence-corrected chi connectivity index (χ3v) is 6.37. The fourth-order valence-corrected chi connectivity index (χ4v) is 3.97. The van der Waals surface area contributed by atoms with Gasteiger partial charge in [-0.25, -0.2) is 0 Å². The minimum Gasteiger partial charge on any atom is -0.489 e. The van der Waals surface area contributed by atoms with Crippen molar-refractivity contribution in [1.29, 1.82) is 5.26 Å². The van der Waals surface area contributed by atoms with E-state index in [0.29, 0.717) is 39.9 Å². The summed E-state index contributed by atoms with van der Waals surface area (Å²) in [4.78, 5) is 23.2. The predicted molar refractivity (Wildman–Crippen MR) is 156 cm³/mol. The van der Waals surface area contributed by atoms with Crippen LogP contribution in [-0.2, 0) is 18.0 Å². The average Bonchev–Trinajstić information content (AvgIpc) is 2.96. The number of nitrogens with zero attached hydrogens (tertiary/aromatic N) is 2. The lowest BCUT2D eigenvalue weighted by Crippen LogP contribution is -2.13. The Hall–Kier alpha value is -4.65. The molecule has 0 aliphatic rings. The van der Waals surface area contributed by atoms with Crippen LogP contribution in [0, 0.1) is 21.4 Å². The standard InChI is InChI=1S/C30H21BrClN3O5/c31-24-5-1-20(2-6-24)18-39-28-12-8-26(9-13-28)34-30(36)23(17-33)15-22-16-25(32)7-14-29(22)40-19-21-3-10-27(11-4-21)35(37)38/h1-16H,18-19H2,(H,34,36)/b23-15+. The number of anilines is 1. The van der Waals surface area contributed by atoms with Gasteiger partial charge in [0.1, 0.15) is 36.4 Å². The molecule has 4 aromatic carbocycles. The second-order valence-corrected chi connectivity index (χ2v) is 9.81. The number of halogens is 2. The van der Waals surface area contributed by atoms with Crippen molar-refractivity contribution >= 4 is 50.9 Å². The number of benzene rings is 4. The van der Waals surface area contributed by atoms with Gasteiger partial charge in [0.15, 0.2) is 0 Å². The molecular weight excluding hydrogens is 598 g/mol. The highest BCUT2D eigenvalue weighted by molar-refractivity contribution is 9.10. The number of hydrogen-bond acceptors (Lipinski definition) is 6. The molecule has 0 saturated carbocycles. The predicted octanol–water partition coefficient (Wildman–Crippen LogP) is 7.71. The SMILES string of the molecule is N#C/C(=C\c1cc(Cl)ccc1OCc1ccc([N+](=O)[O-])cc1)C(=O)Nc1ccc(OCc2ccc(Br)cc2)cc1. The van der Waals surface area contributed by atoms with E-state index >= 15 is 0 Å². The number of nitrogens with one attached hydrogen (secondary N) is 1. The molecule has 4 aromatic rings. The first-order chi connectivity index (χ1) is 19.3. The van der Waals surface area contributed by atoms with Gasteiger partial charge < -0.3 is 14.8 Å². The van der Waals surface area contributed by atoms with Gasteiger partial charge in [0, 0.05) is 32.9 Å². The van der Waals surface area contributed by atoms with E-state index in [4.69, 9.17) is 21.1 Å². The van der Waals surface area contributed by atoms with Crippen LogP contribution in [0.25, 0.3) is 6.08 Å². The van der Waals surface area contributed by atoms with Crippen LogP contribution in [0.2, 0.25) is 5.02 Å². The average molecular weight is 619 g/mol. The molecule has 0 unspecified atom stereocenters. The Morgan fingerprint density at radius 2 is 1.57 bits per heavy atom. The lowest BCUT2D eigenvalue weighted by atomic mass is 10.1. The first kappa shape index (κ1) is 28.4. The van der Waals surface area contributed by atoms with Crippen molar-refractivity contribution in [3.05, 3.63) is 133 Å². The van der Waals surface area contributed by atoms with Gasteiger partial charge in [0.25, 0.3) is 11.6 Å². The molecular formula is C30H21BrClN3O5. The zero-order valence-corrected chi connectivity index (χ0v) is 23.2. The van der Waals surface area contributed by atoms with Crippen molar-refractivity contribution in [2.24, 2.45) is 0 Å². The molecule has 8 nitrogen and oxygen atoms in total. The number of rotatable bonds is 10. The van der Waals surface area contributed by atoms with Crippen molar-refractivity contribution in [1.82, 2.24) is 0 Å². The summed E-state index contributed by atoms with van der Waals surface area (Å²) in [7, 11) is 0. The van der Waals surface area contributed by atoms with E-state index in [2.05, 4.69) is 21.2 Å². The van der Waals surface area contributed by atoms with Crippen LogP contribution >= 0.6 is 27.5 Å².